The molecule has 0 amide bonds. The first kappa shape index (κ1) is 17.5. The number of aliphatic hydroxyl groups excluding tert-OH is 1. The molecular formula is C19H19F3N2O. The third-order valence-electron chi connectivity index (χ3n) is 4.27. The van der Waals surface area contributed by atoms with Gasteiger partial charge in [0.05, 0.1) is 17.7 Å². The van der Waals surface area contributed by atoms with Crippen molar-refractivity contribution in [2.75, 3.05) is 13.6 Å². The monoisotopic (exact) mass is 348 g/mol. The van der Waals surface area contributed by atoms with E-state index in [0.29, 0.717) is 17.4 Å². The van der Waals surface area contributed by atoms with Crippen LogP contribution in [0.25, 0.3) is 10.9 Å². The highest BCUT2D eigenvalue weighted by atomic mass is 19.4. The Morgan fingerprint density at radius 2 is 1.80 bits per heavy atom. The van der Waals surface area contributed by atoms with Crippen LogP contribution in [-0.4, -0.2) is 29.4 Å². The van der Waals surface area contributed by atoms with Crippen molar-refractivity contribution in [2.45, 2.75) is 18.3 Å². The van der Waals surface area contributed by atoms with Crippen LogP contribution < -0.4 is 5.32 Å². The Hall–Kier alpha value is -2.31. The summed E-state index contributed by atoms with van der Waals surface area (Å²) in [6.07, 6.45) is -3.38. The fraction of sp³-hybridized carbons (Fsp3) is 0.263. The number of benzene rings is 2. The lowest BCUT2D eigenvalue weighted by molar-refractivity contribution is -0.137. The van der Waals surface area contributed by atoms with Crippen molar-refractivity contribution in [3.63, 3.8) is 0 Å². The molecule has 0 fully saturated rings. The minimum Gasteiger partial charge on any atom is -0.389 e. The SMILES string of the molecule is CNC[C@@H](O)[C@H](c1ccccc1)n1ccc2cc(C(F)(F)F)ccc21. The van der Waals surface area contributed by atoms with Gasteiger partial charge in [0.1, 0.15) is 0 Å². The molecule has 25 heavy (non-hydrogen) atoms. The number of halogens is 3. The smallest absolute Gasteiger partial charge is 0.389 e. The highest BCUT2D eigenvalue weighted by Gasteiger charge is 2.31. The normalized spacial score (nSPS) is 14.6. The van der Waals surface area contributed by atoms with Gasteiger partial charge in [0, 0.05) is 23.6 Å². The van der Waals surface area contributed by atoms with Gasteiger partial charge in [0.2, 0.25) is 0 Å². The molecule has 0 saturated carbocycles. The second-order valence-electron chi connectivity index (χ2n) is 5.97. The molecular weight excluding hydrogens is 329 g/mol. The van der Waals surface area contributed by atoms with Gasteiger partial charge in [-0.05, 0) is 36.9 Å². The Balaban J connectivity index is 2.10. The van der Waals surface area contributed by atoms with E-state index >= 15 is 0 Å². The van der Waals surface area contributed by atoms with E-state index in [9.17, 15) is 18.3 Å². The summed E-state index contributed by atoms with van der Waals surface area (Å²) in [6, 6.07) is 14.4. The van der Waals surface area contributed by atoms with E-state index in [1.807, 2.05) is 34.9 Å². The molecule has 3 nitrogen and oxygen atoms in total. The van der Waals surface area contributed by atoms with Gasteiger partial charge in [-0.1, -0.05) is 30.3 Å². The summed E-state index contributed by atoms with van der Waals surface area (Å²) in [5.74, 6) is 0. The molecule has 0 spiro atoms. The molecule has 0 bridgehead atoms. The Bertz CT molecular complexity index is 843. The molecule has 1 heterocycles. The van der Waals surface area contributed by atoms with Crippen LogP contribution in [0.4, 0.5) is 13.2 Å². The minimum atomic E-state index is -4.37. The maximum Gasteiger partial charge on any atom is 0.416 e. The fourth-order valence-electron chi connectivity index (χ4n) is 3.12. The lowest BCUT2D eigenvalue weighted by Crippen LogP contribution is -2.33. The van der Waals surface area contributed by atoms with Gasteiger partial charge in [-0.25, -0.2) is 0 Å². The highest BCUT2D eigenvalue weighted by Crippen LogP contribution is 2.33. The van der Waals surface area contributed by atoms with Crippen LogP contribution in [-0.2, 0) is 6.18 Å². The van der Waals surface area contributed by atoms with Gasteiger partial charge in [0.25, 0.3) is 0 Å². The van der Waals surface area contributed by atoms with Crippen molar-refractivity contribution in [1.29, 1.82) is 0 Å². The number of hydrogen-bond donors (Lipinski definition) is 2. The average Bonchev–Trinajstić information content (AvgIpc) is 2.99. The number of nitrogens with one attached hydrogen (secondary N) is 1. The van der Waals surface area contributed by atoms with Crippen LogP contribution >= 0.6 is 0 Å². The van der Waals surface area contributed by atoms with Crippen molar-refractivity contribution in [3.05, 3.63) is 71.9 Å². The summed E-state index contributed by atoms with van der Waals surface area (Å²) >= 11 is 0. The van der Waals surface area contributed by atoms with Gasteiger partial charge >= 0.3 is 6.18 Å². The van der Waals surface area contributed by atoms with E-state index in [4.69, 9.17) is 0 Å². The lowest BCUT2D eigenvalue weighted by atomic mass is 10.0. The molecule has 2 atom stereocenters. The van der Waals surface area contributed by atoms with Crippen molar-refractivity contribution in [1.82, 2.24) is 9.88 Å². The standard InChI is InChI=1S/C19H19F3N2O/c1-23-12-17(25)18(13-5-3-2-4-6-13)24-10-9-14-11-15(19(20,21)22)7-8-16(14)24/h2-11,17-18,23,25H,12H2,1H3/t17-,18+/m1/s1. The van der Waals surface area contributed by atoms with Crippen LogP contribution in [0.2, 0.25) is 0 Å². The molecule has 0 unspecified atom stereocenters. The van der Waals surface area contributed by atoms with E-state index < -0.39 is 23.9 Å². The summed E-state index contributed by atoms with van der Waals surface area (Å²) in [7, 11) is 1.74. The maximum absolute atomic E-state index is 12.9. The topological polar surface area (TPSA) is 37.2 Å². The number of hydrogen-bond acceptors (Lipinski definition) is 2. The molecule has 132 valence electrons. The van der Waals surface area contributed by atoms with E-state index in [1.165, 1.54) is 6.07 Å². The van der Waals surface area contributed by atoms with E-state index in [2.05, 4.69) is 5.32 Å². The average molecular weight is 348 g/mol. The van der Waals surface area contributed by atoms with Crippen LogP contribution in [0, 0.1) is 0 Å². The van der Waals surface area contributed by atoms with Crippen LogP contribution in [0.5, 0.6) is 0 Å². The molecule has 3 rings (SSSR count). The maximum atomic E-state index is 12.9. The summed E-state index contributed by atoms with van der Waals surface area (Å²) in [6.45, 7) is 0.361. The Morgan fingerprint density at radius 1 is 1.08 bits per heavy atom. The molecule has 0 aliphatic carbocycles. The van der Waals surface area contributed by atoms with Crippen LogP contribution in [0.3, 0.4) is 0 Å². The van der Waals surface area contributed by atoms with Gasteiger partial charge in [-0.3, -0.25) is 0 Å². The van der Waals surface area contributed by atoms with Gasteiger partial charge in [-0.15, -0.1) is 0 Å². The zero-order valence-electron chi connectivity index (χ0n) is 13.7. The minimum absolute atomic E-state index is 0.361. The lowest BCUT2D eigenvalue weighted by Gasteiger charge is -2.26. The summed E-state index contributed by atoms with van der Waals surface area (Å²) in [4.78, 5) is 0. The predicted molar refractivity (Wildman–Crippen MR) is 91.5 cm³/mol. The van der Waals surface area contributed by atoms with E-state index in [-0.39, 0.29) is 0 Å². The third-order valence-corrected chi connectivity index (χ3v) is 4.27. The fourth-order valence-corrected chi connectivity index (χ4v) is 3.12. The van der Waals surface area contributed by atoms with Crippen molar-refractivity contribution >= 4 is 10.9 Å². The number of aromatic nitrogens is 1. The van der Waals surface area contributed by atoms with Crippen molar-refractivity contribution < 1.29 is 18.3 Å². The molecule has 2 N–H and O–H groups in total. The van der Waals surface area contributed by atoms with Gasteiger partial charge in [0.15, 0.2) is 0 Å². The number of aliphatic hydroxyl groups is 1. The second kappa shape index (κ2) is 6.90. The van der Waals surface area contributed by atoms with Gasteiger partial charge < -0.3 is 15.0 Å². The molecule has 0 aliphatic rings. The van der Waals surface area contributed by atoms with Crippen LogP contribution in [0.1, 0.15) is 17.2 Å². The zero-order chi connectivity index (χ0) is 18.0. The number of nitrogens with zero attached hydrogens (tertiary/aromatic N) is 1. The summed E-state index contributed by atoms with van der Waals surface area (Å²) in [5.41, 5.74) is 0.865. The first-order valence-electron chi connectivity index (χ1n) is 7.97. The molecule has 0 radical (unpaired) electrons. The number of likely N-dealkylation sites (N-methyl/N-ethyl adjacent to an activating group) is 1. The molecule has 1 aromatic heterocycles. The largest absolute Gasteiger partial charge is 0.416 e. The zero-order valence-corrected chi connectivity index (χ0v) is 13.7. The molecule has 0 saturated heterocycles. The summed E-state index contributed by atoms with van der Waals surface area (Å²) < 4.78 is 40.6. The van der Waals surface area contributed by atoms with E-state index in [1.54, 1.807) is 19.3 Å². The first-order valence-corrected chi connectivity index (χ1v) is 7.97. The van der Waals surface area contributed by atoms with Crippen LogP contribution in [0.15, 0.2) is 60.8 Å². The second-order valence-corrected chi connectivity index (χ2v) is 5.97. The molecule has 3 aromatic rings. The highest BCUT2D eigenvalue weighted by molar-refractivity contribution is 5.81. The van der Waals surface area contributed by atoms with E-state index in [0.717, 1.165) is 17.7 Å². The molecule has 0 aliphatic heterocycles. The molecule has 2 aromatic carbocycles. The summed E-state index contributed by atoms with van der Waals surface area (Å²) in [5, 5.41) is 14.1. The van der Waals surface area contributed by atoms with Gasteiger partial charge in [-0.2, -0.15) is 13.2 Å². The number of alkyl halides is 3. The number of rotatable bonds is 5. The molecule has 6 heteroatoms. The van der Waals surface area contributed by atoms with Crippen molar-refractivity contribution in [2.24, 2.45) is 0 Å². The van der Waals surface area contributed by atoms with Crippen molar-refractivity contribution in [3.8, 4) is 0 Å². The third kappa shape index (κ3) is 3.55. The Morgan fingerprint density at radius 3 is 2.44 bits per heavy atom. The quantitative estimate of drug-likeness (QED) is 0.735. The Kier molecular flexibility index (Phi) is 4.83. The predicted octanol–water partition coefficient (Wildman–Crippen LogP) is 3.83. The first-order chi connectivity index (χ1) is 11.9. The number of fused-ring (bicyclic) bond motifs is 1. The Labute approximate surface area is 143 Å².